The summed E-state index contributed by atoms with van der Waals surface area (Å²) in [6.45, 7) is 5.22. The van der Waals surface area contributed by atoms with Gasteiger partial charge in [0.05, 0.1) is 6.26 Å². The maximum atomic E-state index is 12.2. The van der Waals surface area contributed by atoms with E-state index < -0.39 is 16.1 Å². The van der Waals surface area contributed by atoms with E-state index in [1.54, 1.807) is 0 Å². The molecular weight excluding hydrogens is 290 g/mol. The number of likely N-dealkylation sites (tertiary alicyclic amines) is 1. The Balaban J connectivity index is 1.79. The van der Waals surface area contributed by atoms with E-state index in [0.717, 1.165) is 19.5 Å². The van der Waals surface area contributed by atoms with Crippen molar-refractivity contribution in [2.75, 3.05) is 32.4 Å². The van der Waals surface area contributed by atoms with Crippen molar-refractivity contribution >= 4 is 15.9 Å². The highest BCUT2D eigenvalue weighted by Crippen LogP contribution is 2.20. The van der Waals surface area contributed by atoms with E-state index in [1.807, 2.05) is 0 Å². The van der Waals surface area contributed by atoms with Crippen LogP contribution in [0.25, 0.3) is 0 Å². The molecule has 0 aromatic rings. The molecule has 0 radical (unpaired) electrons. The summed E-state index contributed by atoms with van der Waals surface area (Å²) in [5, 5.41) is 2.91. The molecule has 21 heavy (non-hydrogen) atoms. The van der Waals surface area contributed by atoms with E-state index in [-0.39, 0.29) is 5.91 Å². The Labute approximate surface area is 127 Å². The first kappa shape index (κ1) is 16.7. The van der Waals surface area contributed by atoms with Crippen LogP contribution in [0, 0.1) is 0 Å². The molecule has 0 spiro atoms. The molecule has 1 amide bonds. The fourth-order valence-electron chi connectivity index (χ4n) is 3.33. The maximum absolute atomic E-state index is 12.2. The highest BCUT2D eigenvalue weighted by Gasteiger charge is 2.36. The minimum atomic E-state index is -3.29. The Morgan fingerprint density at radius 1 is 1.19 bits per heavy atom. The van der Waals surface area contributed by atoms with Gasteiger partial charge in [-0.15, -0.1) is 0 Å². The molecular formula is C14H27N3O3S. The van der Waals surface area contributed by atoms with Gasteiger partial charge in [-0.3, -0.25) is 9.69 Å². The second-order valence-electron chi connectivity index (χ2n) is 6.20. The Kier molecular flexibility index (Phi) is 5.62. The first-order valence-corrected chi connectivity index (χ1v) is 9.73. The molecule has 122 valence electrons. The van der Waals surface area contributed by atoms with Crippen LogP contribution >= 0.6 is 0 Å². The van der Waals surface area contributed by atoms with Gasteiger partial charge >= 0.3 is 0 Å². The van der Waals surface area contributed by atoms with E-state index in [4.69, 9.17) is 0 Å². The molecule has 2 fully saturated rings. The van der Waals surface area contributed by atoms with E-state index >= 15 is 0 Å². The topological polar surface area (TPSA) is 69.7 Å². The summed E-state index contributed by atoms with van der Waals surface area (Å²) >= 11 is 0. The van der Waals surface area contributed by atoms with Crippen molar-refractivity contribution in [2.24, 2.45) is 0 Å². The third-order valence-electron chi connectivity index (χ3n) is 4.57. The molecule has 0 aromatic heterocycles. The highest BCUT2D eigenvalue weighted by atomic mass is 32.2. The molecule has 2 heterocycles. The SMILES string of the molecule is C[C@@H]1CCCCN1CCNC(=O)[C@H]1CCCN1S(C)(=O)=O. The lowest BCUT2D eigenvalue weighted by molar-refractivity contribution is -0.124. The van der Waals surface area contributed by atoms with Crippen molar-refractivity contribution < 1.29 is 13.2 Å². The zero-order valence-electron chi connectivity index (χ0n) is 13.0. The van der Waals surface area contributed by atoms with Crippen LogP contribution in [0.3, 0.4) is 0 Å². The van der Waals surface area contributed by atoms with Crippen LogP contribution in [0.15, 0.2) is 0 Å². The van der Waals surface area contributed by atoms with Crippen molar-refractivity contribution in [3.8, 4) is 0 Å². The zero-order chi connectivity index (χ0) is 15.5. The second kappa shape index (κ2) is 7.07. The molecule has 0 unspecified atom stereocenters. The maximum Gasteiger partial charge on any atom is 0.238 e. The van der Waals surface area contributed by atoms with Gasteiger partial charge in [0.25, 0.3) is 0 Å². The summed E-state index contributed by atoms with van der Waals surface area (Å²) < 4.78 is 24.6. The lowest BCUT2D eigenvalue weighted by atomic mass is 10.0. The van der Waals surface area contributed by atoms with Crippen molar-refractivity contribution in [1.82, 2.24) is 14.5 Å². The normalized spacial score (nSPS) is 28.7. The number of hydrogen-bond donors (Lipinski definition) is 1. The fourth-order valence-corrected chi connectivity index (χ4v) is 4.45. The van der Waals surface area contributed by atoms with Gasteiger partial charge in [0.2, 0.25) is 15.9 Å². The molecule has 0 saturated carbocycles. The van der Waals surface area contributed by atoms with Gasteiger partial charge in [0.15, 0.2) is 0 Å². The Bertz CT molecular complexity index is 466. The molecule has 2 atom stereocenters. The first-order valence-electron chi connectivity index (χ1n) is 7.88. The minimum Gasteiger partial charge on any atom is -0.353 e. The number of carbonyl (C=O) groups is 1. The summed E-state index contributed by atoms with van der Waals surface area (Å²) in [7, 11) is -3.29. The summed E-state index contributed by atoms with van der Waals surface area (Å²) in [5.41, 5.74) is 0. The van der Waals surface area contributed by atoms with E-state index in [0.29, 0.717) is 25.6 Å². The number of rotatable bonds is 5. The van der Waals surface area contributed by atoms with E-state index in [1.165, 1.54) is 29.8 Å². The van der Waals surface area contributed by atoms with Gasteiger partial charge in [0, 0.05) is 25.7 Å². The van der Waals surface area contributed by atoms with Gasteiger partial charge < -0.3 is 5.32 Å². The summed E-state index contributed by atoms with van der Waals surface area (Å²) in [6.07, 6.45) is 6.29. The van der Waals surface area contributed by atoms with E-state index in [2.05, 4.69) is 17.1 Å². The molecule has 2 aliphatic rings. The third-order valence-corrected chi connectivity index (χ3v) is 5.86. The lowest BCUT2D eigenvalue weighted by Gasteiger charge is -2.33. The number of amides is 1. The molecule has 2 saturated heterocycles. The third kappa shape index (κ3) is 4.40. The second-order valence-corrected chi connectivity index (χ2v) is 8.14. The number of carbonyl (C=O) groups excluding carboxylic acids is 1. The van der Waals surface area contributed by atoms with Gasteiger partial charge in [-0.05, 0) is 39.2 Å². The zero-order valence-corrected chi connectivity index (χ0v) is 13.9. The summed E-state index contributed by atoms with van der Waals surface area (Å²) in [4.78, 5) is 14.6. The summed E-state index contributed by atoms with van der Waals surface area (Å²) in [6, 6.07) is 0.0634. The standard InChI is InChI=1S/C14H27N3O3S/c1-12-6-3-4-9-16(12)11-8-15-14(18)13-7-5-10-17(13)21(2,19)20/h12-13H,3-11H2,1-2H3,(H,15,18)/t12-,13-/m1/s1. The number of nitrogens with one attached hydrogen (secondary N) is 1. The highest BCUT2D eigenvalue weighted by molar-refractivity contribution is 7.88. The van der Waals surface area contributed by atoms with Crippen molar-refractivity contribution in [2.45, 2.75) is 51.1 Å². The monoisotopic (exact) mass is 317 g/mol. The quantitative estimate of drug-likeness (QED) is 0.797. The minimum absolute atomic E-state index is 0.150. The predicted molar refractivity (Wildman–Crippen MR) is 82.5 cm³/mol. The van der Waals surface area contributed by atoms with Gasteiger partial charge in [-0.1, -0.05) is 6.42 Å². The molecule has 1 N–H and O–H groups in total. The van der Waals surface area contributed by atoms with Crippen molar-refractivity contribution in [1.29, 1.82) is 0 Å². The van der Waals surface area contributed by atoms with Crippen LogP contribution in [0.1, 0.15) is 39.0 Å². The number of nitrogens with zero attached hydrogens (tertiary/aromatic N) is 2. The molecule has 0 aliphatic carbocycles. The van der Waals surface area contributed by atoms with Crippen molar-refractivity contribution in [3.05, 3.63) is 0 Å². The number of piperidine rings is 1. The predicted octanol–water partition coefficient (Wildman–Crippen LogP) is 0.401. The average Bonchev–Trinajstić information content (AvgIpc) is 2.90. The van der Waals surface area contributed by atoms with Crippen LogP contribution in [-0.4, -0.2) is 68.0 Å². The Morgan fingerprint density at radius 3 is 2.62 bits per heavy atom. The van der Waals surface area contributed by atoms with Crippen LogP contribution in [0.5, 0.6) is 0 Å². The Hall–Kier alpha value is -0.660. The number of hydrogen-bond acceptors (Lipinski definition) is 4. The smallest absolute Gasteiger partial charge is 0.238 e. The van der Waals surface area contributed by atoms with Crippen molar-refractivity contribution in [3.63, 3.8) is 0 Å². The molecule has 2 aliphatic heterocycles. The van der Waals surface area contributed by atoms with Gasteiger partial charge in [-0.2, -0.15) is 4.31 Å². The van der Waals surface area contributed by atoms with E-state index in [9.17, 15) is 13.2 Å². The van der Waals surface area contributed by atoms with Gasteiger partial charge in [-0.25, -0.2) is 8.42 Å². The Morgan fingerprint density at radius 2 is 1.95 bits per heavy atom. The number of sulfonamides is 1. The first-order chi connectivity index (χ1) is 9.89. The lowest BCUT2D eigenvalue weighted by Crippen LogP contribution is -2.48. The molecule has 0 bridgehead atoms. The summed E-state index contributed by atoms with van der Waals surface area (Å²) in [5.74, 6) is -0.150. The molecule has 6 nitrogen and oxygen atoms in total. The fraction of sp³-hybridized carbons (Fsp3) is 0.929. The van der Waals surface area contributed by atoms with Crippen LogP contribution < -0.4 is 5.32 Å². The van der Waals surface area contributed by atoms with Crippen LogP contribution in [0.4, 0.5) is 0 Å². The largest absolute Gasteiger partial charge is 0.353 e. The molecule has 7 heteroatoms. The van der Waals surface area contributed by atoms with Gasteiger partial charge in [0.1, 0.15) is 6.04 Å². The average molecular weight is 317 g/mol. The van der Waals surface area contributed by atoms with Crippen LogP contribution in [-0.2, 0) is 14.8 Å². The molecule has 2 rings (SSSR count). The van der Waals surface area contributed by atoms with Crippen LogP contribution in [0.2, 0.25) is 0 Å². The molecule has 0 aromatic carbocycles.